The molecule has 0 aromatic heterocycles. The molecule has 0 heterocycles. The van der Waals surface area contributed by atoms with Gasteiger partial charge in [-0.05, 0) is 31.9 Å². The number of hydrogen-bond donors (Lipinski definition) is 0. The molecule has 0 radical (unpaired) electrons. The summed E-state index contributed by atoms with van der Waals surface area (Å²) in [4.78, 5) is 13.6. The van der Waals surface area contributed by atoms with Crippen molar-refractivity contribution in [2.24, 2.45) is 0 Å². The summed E-state index contributed by atoms with van der Waals surface area (Å²) in [6.45, 7) is 7.17. The molecule has 1 aromatic carbocycles. The molecule has 0 spiro atoms. The van der Waals surface area contributed by atoms with Crippen LogP contribution < -0.4 is 9.64 Å². The molecule has 1 aromatic rings. The van der Waals surface area contributed by atoms with E-state index in [2.05, 4.69) is 0 Å². The molecule has 0 unspecified atom stereocenters. The van der Waals surface area contributed by atoms with Crippen molar-refractivity contribution in [1.29, 1.82) is 0 Å². The highest BCUT2D eigenvalue weighted by Crippen LogP contribution is 2.32. The quantitative estimate of drug-likeness (QED) is 0.546. The van der Waals surface area contributed by atoms with E-state index in [1.807, 2.05) is 39.0 Å². The third-order valence-corrected chi connectivity index (χ3v) is 3.00. The fraction of sp³-hybridized carbons (Fsp3) is 0.533. The van der Waals surface area contributed by atoms with Crippen LogP contribution in [0.5, 0.6) is 5.75 Å². The minimum absolute atomic E-state index is 0.0887. The lowest BCUT2D eigenvalue weighted by Gasteiger charge is -2.25. The van der Waals surface area contributed by atoms with Gasteiger partial charge in [-0.1, -0.05) is 19.1 Å². The highest BCUT2D eigenvalue weighted by Gasteiger charge is 2.20. The van der Waals surface area contributed by atoms with Crippen LogP contribution in [0.1, 0.15) is 25.8 Å². The highest BCUT2D eigenvalue weighted by molar-refractivity contribution is 6.29. The van der Waals surface area contributed by atoms with Gasteiger partial charge in [0.05, 0.1) is 12.3 Å². The van der Waals surface area contributed by atoms with Gasteiger partial charge in [-0.2, -0.15) is 0 Å². The number of alkyl halides is 1. The molecule has 0 fully saturated rings. The number of carbonyl (C=O) groups is 1. The van der Waals surface area contributed by atoms with Crippen LogP contribution in [-0.2, 0) is 9.53 Å². The summed E-state index contributed by atoms with van der Waals surface area (Å²) in [5.41, 5.74) is 1.69. The van der Waals surface area contributed by atoms with Crippen molar-refractivity contribution in [3.8, 4) is 5.75 Å². The Kier molecular flexibility index (Phi) is 7.41. The topological polar surface area (TPSA) is 38.8 Å². The number of carbonyl (C=O) groups excluding carboxylic acids is 1. The lowest BCUT2D eigenvalue weighted by molar-refractivity contribution is -0.117. The smallest absolute Gasteiger partial charge is 0.243 e. The molecule has 0 saturated carbocycles. The summed E-state index contributed by atoms with van der Waals surface area (Å²) in [6.07, 6.45) is 0.905. The van der Waals surface area contributed by atoms with Gasteiger partial charge in [0, 0.05) is 6.61 Å². The van der Waals surface area contributed by atoms with Gasteiger partial charge in [0.2, 0.25) is 5.91 Å². The molecule has 0 aliphatic heterocycles. The van der Waals surface area contributed by atoms with E-state index in [9.17, 15) is 4.79 Å². The molecule has 4 nitrogen and oxygen atoms in total. The van der Waals surface area contributed by atoms with E-state index < -0.39 is 0 Å². The summed E-state index contributed by atoms with van der Waals surface area (Å²) in [5.74, 6) is 0.398. The molecule has 0 aliphatic rings. The first-order valence-corrected chi connectivity index (χ1v) is 7.35. The van der Waals surface area contributed by atoms with Gasteiger partial charge in [0.1, 0.15) is 18.4 Å². The van der Waals surface area contributed by atoms with Gasteiger partial charge >= 0.3 is 0 Å². The Bertz CT molecular complexity index is 437. The Morgan fingerprint density at radius 2 is 2.10 bits per heavy atom. The van der Waals surface area contributed by atoms with Crippen LogP contribution in [0, 0.1) is 6.92 Å². The molecule has 5 heteroatoms. The van der Waals surface area contributed by atoms with Crippen LogP contribution in [0.3, 0.4) is 0 Å². The molecule has 1 amide bonds. The average molecular weight is 300 g/mol. The third kappa shape index (κ3) is 4.39. The maximum atomic E-state index is 12.1. The number of benzene rings is 1. The molecule has 0 aliphatic carbocycles. The van der Waals surface area contributed by atoms with E-state index in [4.69, 9.17) is 21.1 Å². The van der Waals surface area contributed by atoms with Gasteiger partial charge in [-0.15, -0.1) is 11.6 Å². The fourth-order valence-corrected chi connectivity index (χ4v) is 1.97. The molecule has 0 bridgehead atoms. The minimum atomic E-state index is -0.198. The van der Waals surface area contributed by atoms with Crippen molar-refractivity contribution in [2.45, 2.75) is 27.2 Å². The molecular weight excluding hydrogens is 278 g/mol. The maximum absolute atomic E-state index is 12.1. The second-order valence-corrected chi connectivity index (χ2v) is 4.61. The third-order valence-electron chi connectivity index (χ3n) is 2.77. The monoisotopic (exact) mass is 299 g/mol. The predicted octanol–water partition coefficient (Wildman–Crippen LogP) is 3.35. The maximum Gasteiger partial charge on any atom is 0.243 e. The molecule has 0 atom stereocenters. The van der Waals surface area contributed by atoms with Crippen LogP contribution in [0.15, 0.2) is 18.2 Å². The largest absolute Gasteiger partial charge is 0.491 e. The zero-order valence-electron chi connectivity index (χ0n) is 12.3. The number of halogens is 1. The number of ether oxygens (including phenoxy) is 2. The van der Waals surface area contributed by atoms with Crippen LogP contribution in [0.25, 0.3) is 0 Å². The Hall–Kier alpha value is -1.26. The summed E-state index contributed by atoms with van der Waals surface area (Å²) in [6, 6.07) is 5.71. The molecule has 0 saturated heterocycles. The number of hydrogen-bond acceptors (Lipinski definition) is 3. The van der Waals surface area contributed by atoms with Crippen molar-refractivity contribution in [3.63, 3.8) is 0 Å². The van der Waals surface area contributed by atoms with Crippen molar-refractivity contribution >= 4 is 23.2 Å². The summed E-state index contributed by atoms with van der Waals surface area (Å²) < 4.78 is 11.1. The van der Waals surface area contributed by atoms with Crippen LogP contribution in [0.4, 0.5) is 5.69 Å². The first-order chi connectivity index (χ1) is 9.65. The molecule has 1 rings (SSSR count). The SMILES string of the molecule is CCCOc1cccc(C)c1N(COCC)C(=O)CCl. The van der Waals surface area contributed by atoms with E-state index in [1.54, 1.807) is 0 Å². The van der Waals surface area contributed by atoms with Crippen LogP contribution in [-0.4, -0.2) is 31.7 Å². The second kappa shape index (κ2) is 8.82. The Morgan fingerprint density at radius 3 is 2.70 bits per heavy atom. The van der Waals surface area contributed by atoms with E-state index in [0.717, 1.165) is 17.7 Å². The predicted molar refractivity (Wildman–Crippen MR) is 81.7 cm³/mol. The van der Waals surface area contributed by atoms with Gasteiger partial charge in [-0.25, -0.2) is 0 Å². The Morgan fingerprint density at radius 1 is 1.35 bits per heavy atom. The van der Waals surface area contributed by atoms with Crippen molar-refractivity contribution in [1.82, 2.24) is 0 Å². The van der Waals surface area contributed by atoms with Gasteiger partial charge in [0.25, 0.3) is 0 Å². The summed E-state index contributed by atoms with van der Waals surface area (Å²) in [5, 5.41) is 0. The van der Waals surface area contributed by atoms with E-state index in [-0.39, 0.29) is 18.5 Å². The number of rotatable bonds is 8. The first-order valence-electron chi connectivity index (χ1n) is 6.82. The number of aryl methyl sites for hydroxylation is 1. The van der Waals surface area contributed by atoms with Crippen molar-refractivity contribution in [3.05, 3.63) is 23.8 Å². The second-order valence-electron chi connectivity index (χ2n) is 4.35. The molecule has 0 N–H and O–H groups in total. The van der Waals surface area contributed by atoms with E-state index in [1.165, 1.54) is 4.90 Å². The van der Waals surface area contributed by atoms with E-state index >= 15 is 0 Å². The zero-order valence-corrected chi connectivity index (χ0v) is 13.1. The average Bonchev–Trinajstić information content (AvgIpc) is 2.46. The minimum Gasteiger partial charge on any atom is -0.491 e. The lowest BCUT2D eigenvalue weighted by atomic mass is 10.1. The van der Waals surface area contributed by atoms with Crippen LogP contribution >= 0.6 is 11.6 Å². The fourth-order valence-electron chi connectivity index (χ4n) is 1.82. The normalized spacial score (nSPS) is 10.4. The Balaban J connectivity index is 3.12. The van der Waals surface area contributed by atoms with E-state index in [0.29, 0.717) is 19.0 Å². The Labute approximate surface area is 125 Å². The van der Waals surface area contributed by atoms with Gasteiger partial charge in [0.15, 0.2) is 0 Å². The van der Waals surface area contributed by atoms with Crippen molar-refractivity contribution in [2.75, 3.05) is 30.7 Å². The summed E-state index contributed by atoms with van der Waals surface area (Å²) >= 11 is 5.70. The summed E-state index contributed by atoms with van der Waals surface area (Å²) in [7, 11) is 0. The highest BCUT2D eigenvalue weighted by atomic mass is 35.5. The number of nitrogens with zero attached hydrogens (tertiary/aromatic N) is 1. The number of amides is 1. The molecule has 20 heavy (non-hydrogen) atoms. The number of anilines is 1. The molecule has 112 valence electrons. The standard InChI is InChI=1S/C15H22ClNO3/c1-4-9-20-13-8-6-7-12(3)15(13)17(11-19-5-2)14(18)10-16/h6-8H,4-5,9-11H2,1-3H3. The van der Waals surface area contributed by atoms with Gasteiger partial charge < -0.3 is 9.47 Å². The molecular formula is C15H22ClNO3. The first kappa shape index (κ1) is 16.8. The van der Waals surface area contributed by atoms with Crippen LogP contribution in [0.2, 0.25) is 0 Å². The van der Waals surface area contributed by atoms with Gasteiger partial charge in [-0.3, -0.25) is 9.69 Å². The number of para-hydroxylation sites is 1. The lowest BCUT2D eigenvalue weighted by Crippen LogP contribution is -2.35. The zero-order chi connectivity index (χ0) is 15.0. The van der Waals surface area contributed by atoms with Crippen molar-refractivity contribution < 1.29 is 14.3 Å².